The third-order valence-corrected chi connectivity index (χ3v) is 13.5. The molecular formula is C56H81F3N6O5. The van der Waals surface area contributed by atoms with Crippen LogP contribution < -0.4 is 9.64 Å². The van der Waals surface area contributed by atoms with Crippen LogP contribution in [-0.2, 0) is 27.3 Å². The number of aromatic nitrogens is 3. The number of fused-ring (bicyclic) bond motifs is 4. The van der Waals surface area contributed by atoms with Crippen LogP contribution in [0.15, 0.2) is 48.8 Å². The third kappa shape index (κ3) is 15.4. The minimum atomic E-state index is -3.96. The fraction of sp³-hybridized carbons (Fsp3) is 0.607. The number of carbonyl (C=O) groups is 4. The first-order chi connectivity index (χ1) is 33.1. The number of ether oxygens (including phenoxy) is 1. The number of carbonyl (C=O) groups excluding carboxylic acids is 4. The zero-order valence-electron chi connectivity index (χ0n) is 44.2. The van der Waals surface area contributed by atoms with Crippen LogP contribution in [0, 0.1) is 18.3 Å². The van der Waals surface area contributed by atoms with Crippen molar-refractivity contribution in [3.8, 4) is 5.75 Å². The van der Waals surface area contributed by atoms with Crippen molar-refractivity contribution in [1.29, 1.82) is 0 Å². The summed E-state index contributed by atoms with van der Waals surface area (Å²) in [5, 5.41) is 1.34. The Bertz CT molecular complexity index is 2330. The van der Waals surface area contributed by atoms with Crippen molar-refractivity contribution in [2.45, 2.75) is 178 Å². The molecule has 5 heterocycles. The molecule has 2 unspecified atom stereocenters. The number of likely N-dealkylation sites (tertiary alicyclic amines) is 1. The number of anilines is 1. The molecule has 2 aromatic heterocycles. The molecule has 386 valence electrons. The van der Waals surface area contributed by atoms with E-state index in [1.165, 1.54) is 61.7 Å². The van der Waals surface area contributed by atoms with Gasteiger partial charge in [0.25, 0.3) is 5.91 Å². The largest absolute Gasteiger partial charge is 0.489 e. The van der Waals surface area contributed by atoms with Gasteiger partial charge in [0.2, 0.25) is 0 Å². The van der Waals surface area contributed by atoms with E-state index in [-0.39, 0.29) is 23.4 Å². The van der Waals surface area contributed by atoms with Gasteiger partial charge >= 0.3 is 6.18 Å². The summed E-state index contributed by atoms with van der Waals surface area (Å²) in [6.45, 7) is 28.1. The van der Waals surface area contributed by atoms with E-state index in [1.807, 2.05) is 31.5 Å². The van der Waals surface area contributed by atoms with Crippen molar-refractivity contribution in [2.24, 2.45) is 11.3 Å². The van der Waals surface area contributed by atoms with Crippen molar-refractivity contribution in [2.75, 3.05) is 37.7 Å². The van der Waals surface area contributed by atoms with Crippen molar-refractivity contribution >= 4 is 39.8 Å². The second-order valence-corrected chi connectivity index (χ2v) is 20.1. The number of hydrogen-bond acceptors (Lipinski definition) is 9. The summed E-state index contributed by atoms with van der Waals surface area (Å²) in [6.07, 6.45) is 8.17. The Morgan fingerprint density at radius 2 is 1.53 bits per heavy atom. The first kappa shape index (κ1) is 57.5. The minimum absolute atomic E-state index is 0.0249. The summed E-state index contributed by atoms with van der Waals surface area (Å²) in [5.41, 5.74) is 8.16. The summed E-state index contributed by atoms with van der Waals surface area (Å²) >= 11 is 0. The van der Waals surface area contributed by atoms with Gasteiger partial charge in [0.05, 0.1) is 30.9 Å². The smallest absolute Gasteiger partial charge is 0.388 e. The normalized spacial score (nSPS) is 16.9. The quantitative estimate of drug-likeness (QED) is 0.104. The molecule has 1 fully saturated rings. The number of benzene rings is 2. The molecule has 7 rings (SSSR count). The van der Waals surface area contributed by atoms with Crippen LogP contribution in [0.1, 0.15) is 178 Å². The van der Waals surface area contributed by atoms with Crippen molar-refractivity contribution in [1.82, 2.24) is 24.8 Å². The molecular weight excluding hydrogens is 894 g/mol. The molecule has 14 heteroatoms. The molecule has 0 radical (unpaired) electrons. The Kier molecular flexibility index (Phi) is 21.6. The van der Waals surface area contributed by atoms with E-state index in [4.69, 9.17) is 4.74 Å². The number of halogens is 3. The molecule has 2 aromatic carbocycles. The van der Waals surface area contributed by atoms with Crippen molar-refractivity contribution in [3.63, 3.8) is 0 Å². The van der Waals surface area contributed by atoms with Gasteiger partial charge in [-0.25, -0.2) is 9.97 Å². The summed E-state index contributed by atoms with van der Waals surface area (Å²) in [6, 6.07) is 12.2. The number of ketones is 3. The number of H-pyrrole nitrogens is 1. The first-order valence-electron chi connectivity index (χ1n) is 25.6. The Labute approximate surface area is 415 Å². The maximum Gasteiger partial charge on any atom is 0.388 e. The Morgan fingerprint density at radius 3 is 2.06 bits per heavy atom. The molecule has 0 spiro atoms. The third-order valence-electron chi connectivity index (χ3n) is 13.5. The van der Waals surface area contributed by atoms with Crippen LogP contribution in [0.2, 0.25) is 0 Å². The average molecular weight is 975 g/mol. The molecule has 3 aliphatic rings. The number of Topliss-reactive ketones (excluding diaryl/α,β-unsaturated/α-hetero) is 3. The van der Waals surface area contributed by atoms with Gasteiger partial charge in [-0.15, -0.1) is 0 Å². The molecule has 0 saturated carbocycles. The van der Waals surface area contributed by atoms with Gasteiger partial charge in [-0.3, -0.25) is 19.3 Å². The van der Waals surface area contributed by atoms with Gasteiger partial charge < -0.3 is 24.3 Å². The molecule has 4 aromatic rings. The SMILES string of the molecule is CCC(F)(F)F.CCCC1(CCC)CN(CC(C)=O)C1.CCCN1c2ccc3c(c2OC[C@H]1CC)CN(C(CCC(C)=O)C(C)=O)C3=O.Cc1ncc(C(C)c2[nH]c3ccccc3c2CC(C)C)cn1. The van der Waals surface area contributed by atoms with Gasteiger partial charge in [-0.05, 0) is 107 Å². The lowest BCUT2D eigenvalue weighted by Crippen LogP contribution is -2.57. The second-order valence-electron chi connectivity index (χ2n) is 20.1. The van der Waals surface area contributed by atoms with Crippen molar-refractivity contribution < 1.29 is 37.1 Å². The molecule has 3 aliphatic heterocycles. The lowest BCUT2D eigenvalue weighted by atomic mass is 9.72. The Balaban J connectivity index is 0.000000225. The zero-order chi connectivity index (χ0) is 51.9. The van der Waals surface area contributed by atoms with Gasteiger partial charge in [0.1, 0.15) is 29.7 Å². The maximum absolute atomic E-state index is 13.0. The Hall–Kier alpha value is -5.11. The number of rotatable bonds is 18. The molecule has 3 atom stereocenters. The van der Waals surface area contributed by atoms with E-state index >= 15 is 0 Å². The predicted molar refractivity (Wildman–Crippen MR) is 275 cm³/mol. The molecule has 0 bridgehead atoms. The summed E-state index contributed by atoms with van der Waals surface area (Å²) < 4.78 is 38.5. The number of amides is 1. The number of aryl methyl sites for hydroxylation is 1. The molecule has 1 N–H and O–H groups in total. The minimum Gasteiger partial charge on any atom is -0.489 e. The highest BCUT2D eigenvalue weighted by molar-refractivity contribution is 6.02. The fourth-order valence-corrected chi connectivity index (χ4v) is 10.1. The van der Waals surface area contributed by atoms with Crippen LogP contribution in [0.3, 0.4) is 0 Å². The average Bonchev–Trinajstić information content (AvgIpc) is 3.82. The van der Waals surface area contributed by atoms with E-state index in [1.54, 1.807) is 11.8 Å². The highest BCUT2D eigenvalue weighted by atomic mass is 19.4. The highest BCUT2D eigenvalue weighted by Gasteiger charge is 2.42. The zero-order valence-corrected chi connectivity index (χ0v) is 44.2. The van der Waals surface area contributed by atoms with Gasteiger partial charge in [0.15, 0.2) is 5.78 Å². The topological polar surface area (TPSA) is 129 Å². The first-order valence-corrected chi connectivity index (χ1v) is 25.6. The number of para-hydroxylation sites is 1. The van der Waals surface area contributed by atoms with Crippen LogP contribution in [0.5, 0.6) is 5.75 Å². The predicted octanol–water partition coefficient (Wildman–Crippen LogP) is 12.4. The number of alkyl halides is 3. The molecule has 1 saturated heterocycles. The highest BCUT2D eigenvalue weighted by Crippen LogP contribution is 2.44. The number of nitrogens with one attached hydrogen (secondary N) is 1. The van der Waals surface area contributed by atoms with Crippen LogP contribution in [0.4, 0.5) is 18.9 Å². The van der Waals surface area contributed by atoms with Crippen molar-refractivity contribution in [3.05, 3.63) is 82.6 Å². The van der Waals surface area contributed by atoms with E-state index in [0.717, 1.165) is 74.2 Å². The number of aromatic amines is 1. The monoisotopic (exact) mass is 975 g/mol. The summed E-state index contributed by atoms with van der Waals surface area (Å²) in [5.74, 6) is 2.57. The molecule has 1 amide bonds. The summed E-state index contributed by atoms with van der Waals surface area (Å²) in [7, 11) is 0. The van der Waals surface area contributed by atoms with Crippen LogP contribution >= 0.6 is 0 Å². The van der Waals surface area contributed by atoms with Gasteiger partial charge in [-0.2, -0.15) is 13.2 Å². The van der Waals surface area contributed by atoms with E-state index in [9.17, 15) is 32.3 Å². The van der Waals surface area contributed by atoms with Gasteiger partial charge in [-0.1, -0.05) is 86.4 Å². The fourth-order valence-electron chi connectivity index (χ4n) is 10.1. The number of nitrogens with zero attached hydrogens (tertiary/aromatic N) is 5. The van der Waals surface area contributed by atoms with Gasteiger partial charge in [0, 0.05) is 78.5 Å². The molecule has 0 aliphatic carbocycles. The van der Waals surface area contributed by atoms with E-state index in [2.05, 4.69) is 97.5 Å². The molecule has 70 heavy (non-hydrogen) atoms. The molecule has 11 nitrogen and oxygen atoms in total. The lowest BCUT2D eigenvalue weighted by Gasteiger charge is -2.50. The standard InChI is InChI=1S/C22H30N2O4.C19H23N3.C12H23NO.C3H5F3/c1-5-11-23-16(6-2)13-28-21-18-12-24(19(15(4)26)9-7-14(3)25)22(27)17(18)8-10-20(21)23;1-12(2)9-17-16-7-5-6-8-18(16)22-19(17)13(3)15-10-20-14(4)21-11-15;1-4-6-12(7-5-2)9-13(10-12)8-11(3)14;1-2-3(4,5)6/h8,10,16,19H,5-7,9,11-13H2,1-4H3;5-8,10-13,22H,9H2,1-4H3;4-10H2,1-3H3;2H2,1H3/t16-,19?;;;/m1.../s1. The lowest BCUT2D eigenvalue weighted by molar-refractivity contribution is -0.130. The number of hydrogen-bond donors (Lipinski definition) is 1. The van der Waals surface area contributed by atoms with E-state index in [0.29, 0.717) is 61.3 Å². The van der Waals surface area contributed by atoms with Crippen LogP contribution in [0.25, 0.3) is 10.9 Å². The maximum atomic E-state index is 13.0. The van der Waals surface area contributed by atoms with E-state index < -0.39 is 18.6 Å². The Morgan fingerprint density at radius 1 is 0.900 bits per heavy atom. The second kappa shape index (κ2) is 26.4. The summed E-state index contributed by atoms with van der Waals surface area (Å²) in [4.78, 5) is 66.1. The van der Waals surface area contributed by atoms with Crippen LogP contribution in [-0.4, -0.2) is 99.1 Å².